The molecule has 0 radical (unpaired) electrons. The predicted molar refractivity (Wildman–Crippen MR) is 70.1 cm³/mol. The van der Waals surface area contributed by atoms with Crippen LogP contribution in [0.15, 0.2) is 24.3 Å². The molecule has 3 nitrogen and oxygen atoms in total. The number of ether oxygens (including phenoxy) is 2. The predicted octanol–water partition coefficient (Wildman–Crippen LogP) is 3.08. The Bertz CT molecular complexity index is 408. The summed E-state index contributed by atoms with van der Waals surface area (Å²) in [5, 5.41) is 0. The van der Waals surface area contributed by atoms with Crippen molar-refractivity contribution in [3.63, 3.8) is 0 Å². The molecule has 3 heteroatoms. The van der Waals surface area contributed by atoms with Crippen LogP contribution >= 0.6 is 0 Å². The Hall–Kier alpha value is -1.35. The van der Waals surface area contributed by atoms with Gasteiger partial charge in [0, 0.05) is 12.2 Å². The molecule has 0 spiro atoms. The van der Waals surface area contributed by atoms with Gasteiger partial charge in [0.1, 0.15) is 11.9 Å². The van der Waals surface area contributed by atoms with E-state index >= 15 is 0 Å². The van der Waals surface area contributed by atoms with E-state index in [-0.39, 0.29) is 18.0 Å². The van der Waals surface area contributed by atoms with Crippen LogP contribution in [-0.2, 0) is 4.74 Å². The molecule has 0 aromatic heterocycles. The van der Waals surface area contributed by atoms with Crippen molar-refractivity contribution in [3.05, 3.63) is 29.8 Å². The zero-order valence-corrected chi connectivity index (χ0v) is 11.2. The highest BCUT2D eigenvalue weighted by Crippen LogP contribution is 2.24. The number of carbonyl (C=O) groups is 1. The van der Waals surface area contributed by atoms with Crippen molar-refractivity contribution >= 4 is 5.78 Å². The molecule has 1 aliphatic heterocycles. The van der Waals surface area contributed by atoms with E-state index in [9.17, 15) is 4.79 Å². The van der Waals surface area contributed by atoms with Crippen molar-refractivity contribution in [2.24, 2.45) is 5.92 Å². The van der Waals surface area contributed by atoms with E-state index in [4.69, 9.17) is 9.47 Å². The van der Waals surface area contributed by atoms with Crippen LogP contribution in [0.2, 0.25) is 0 Å². The van der Waals surface area contributed by atoms with E-state index in [1.54, 1.807) is 0 Å². The van der Waals surface area contributed by atoms with Crippen LogP contribution in [0.5, 0.6) is 5.75 Å². The molecule has 0 N–H and O–H groups in total. The zero-order chi connectivity index (χ0) is 13.1. The van der Waals surface area contributed by atoms with Crippen LogP contribution in [0, 0.1) is 5.92 Å². The topological polar surface area (TPSA) is 35.5 Å². The average molecular weight is 248 g/mol. The molecule has 1 aliphatic rings. The largest absolute Gasteiger partial charge is 0.491 e. The Morgan fingerprint density at radius 2 is 2.00 bits per heavy atom. The third-order valence-electron chi connectivity index (χ3n) is 3.16. The van der Waals surface area contributed by atoms with Crippen LogP contribution in [0.3, 0.4) is 0 Å². The van der Waals surface area contributed by atoms with Gasteiger partial charge in [-0.2, -0.15) is 0 Å². The Morgan fingerprint density at radius 1 is 1.33 bits per heavy atom. The molecule has 1 aromatic rings. The van der Waals surface area contributed by atoms with Crippen molar-refractivity contribution in [1.29, 1.82) is 0 Å². The highest BCUT2D eigenvalue weighted by atomic mass is 16.5. The van der Waals surface area contributed by atoms with E-state index in [1.165, 1.54) is 0 Å². The van der Waals surface area contributed by atoms with E-state index in [0.29, 0.717) is 18.1 Å². The lowest BCUT2D eigenvalue weighted by Gasteiger charge is -2.14. The van der Waals surface area contributed by atoms with E-state index in [0.717, 1.165) is 12.2 Å². The van der Waals surface area contributed by atoms with Gasteiger partial charge in [0.15, 0.2) is 5.78 Å². The van der Waals surface area contributed by atoms with Gasteiger partial charge in [-0.25, -0.2) is 0 Å². The number of ketones is 1. The van der Waals surface area contributed by atoms with Gasteiger partial charge in [0.05, 0.1) is 6.10 Å². The van der Waals surface area contributed by atoms with Gasteiger partial charge >= 0.3 is 0 Å². The van der Waals surface area contributed by atoms with E-state index < -0.39 is 0 Å². The van der Waals surface area contributed by atoms with Crippen LogP contribution in [0.4, 0.5) is 0 Å². The third-order valence-corrected chi connectivity index (χ3v) is 3.16. The molecule has 18 heavy (non-hydrogen) atoms. The summed E-state index contributed by atoms with van der Waals surface area (Å²) in [7, 11) is 0. The lowest BCUT2D eigenvalue weighted by Crippen LogP contribution is -2.25. The van der Waals surface area contributed by atoms with Gasteiger partial charge in [0.25, 0.3) is 0 Å². The smallest absolute Gasteiger partial charge is 0.191 e. The van der Waals surface area contributed by atoms with Gasteiger partial charge in [-0.05, 0) is 50.5 Å². The first-order valence-electron chi connectivity index (χ1n) is 6.50. The van der Waals surface area contributed by atoms with Gasteiger partial charge in [0.2, 0.25) is 0 Å². The summed E-state index contributed by atoms with van der Waals surface area (Å²) < 4.78 is 11.0. The fourth-order valence-electron chi connectivity index (χ4n) is 2.16. The average Bonchev–Trinajstić information content (AvgIpc) is 2.75. The molecule has 1 heterocycles. The summed E-state index contributed by atoms with van der Waals surface area (Å²) in [5.74, 6) is 1.18. The summed E-state index contributed by atoms with van der Waals surface area (Å²) in [6.07, 6.45) is 0.830. The highest BCUT2D eigenvalue weighted by Gasteiger charge is 2.31. The van der Waals surface area contributed by atoms with Crippen molar-refractivity contribution < 1.29 is 14.3 Å². The number of Topliss-reactive ketones (excluding diaryl/α,β-unsaturated/α-hetero) is 1. The molecule has 0 saturated carbocycles. The molecule has 2 atom stereocenters. The van der Waals surface area contributed by atoms with Crippen LogP contribution in [0.1, 0.15) is 37.6 Å². The van der Waals surface area contributed by atoms with Gasteiger partial charge in [-0.3, -0.25) is 4.79 Å². The first-order valence-corrected chi connectivity index (χ1v) is 6.50. The standard InChI is InChI=1S/C15H20O3/c1-10(2)18-13-6-4-12(5-7-13)14(16)15-11(3)8-9-17-15/h4-7,10-11,15H,8-9H2,1-3H3. The summed E-state index contributed by atoms with van der Waals surface area (Å²) in [6, 6.07) is 7.31. The maximum Gasteiger partial charge on any atom is 0.191 e. The van der Waals surface area contributed by atoms with E-state index in [1.807, 2.05) is 38.1 Å². The quantitative estimate of drug-likeness (QED) is 0.768. The summed E-state index contributed by atoms with van der Waals surface area (Å²) >= 11 is 0. The Labute approximate surface area is 108 Å². The Balaban J connectivity index is 2.07. The molecule has 1 aromatic carbocycles. The van der Waals surface area contributed by atoms with Crippen LogP contribution in [0.25, 0.3) is 0 Å². The Morgan fingerprint density at radius 3 is 2.50 bits per heavy atom. The second-order valence-electron chi connectivity index (χ2n) is 5.11. The lowest BCUT2D eigenvalue weighted by atomic mass is 9.96. The first-order chi connectivity index (χ1) is 8.58. The van der Waals surface area contributed by atoms with E-state index in [2.05, 4.69) is 6.92 Å². The zero-order valence-electron chi connectivity index (χ0n) is 11.2. The van der Waals surface area contributed by atoms with Crippen molar-refractivity contribution in [2.75, 3.05) is 6.61 Å². The maximum atomic E-state index is 12.2. The van der Waals surface area contributed by atoms with Gasteiger partial charge in [-0.15, -0.1) is 0 Å². The third kappa shape index (κ3) is 2.91. The fourth-order valence-corrected chi connectivity index (χ4v) is 2.16. The molecule has 1 saturated heterocycles. The molecule has 0 amide bonds. The molecule has 2 rings (SSSR count). The van der Waals surface area contributed by atoms with Crippen LogP contribution < -0.4 is 4.74 Å². The minimum Gasteiger partial charge on any atom is -0.491 e. The second-order valence-corrected chi connectivity index (χ2v) is 5.11. The molecule has 98 valence electrons. The summed E-state index contributed by atoms with van der Waals surface area (Å²) in [5.41, 5.74) is 0.699. The maximum absolute atomic E-state index is 12.2. The minimum atomic E-state index is -0.276. The molecule has 0 bridgehead atoms. The monoisotopic (exact) mass is 248 g/mol. The number of rotatable bonds is 4. The van der Waals surface area contributed by atoms with Crippen molar-refractivity contribution in [2.45, 2.75) is 39.4 Å². The number of hydrogen-bond donors (Lipinski definition) is 0. The normalized spacial score (nSPS) is 23.3. The number of carbonyl (C=O) groups excluding carboxylic acids is 1. The highest BCUT2D eigenvalue weighted by molar-refractivity contribution is 5.99. The molecule has 1 fully saturated rings. The summed E-state index contributed by atoms with van der Waals surface area (Å²) in [4.78, 5) is 12.2. The Kier molecular flexibility index (Phi) is 4.02. The van der Waals surface area contributed by atoms with Crippen molar-refractivity contribution in [1.82, 2.24) is 0 Å². The minimum absolute atomic E-state index is 0.0797. The SMILES string of the molecule is CC(C)Oc1ccc(C(=O)C2OCCC2C)cc1. The summed E-state index contributed by atoms with van der Waals surface area (Å²) in [6.45, 7) is 6.71. The fraction of sp³-hybridized carbons (Fsp3) is 0.533. The molecular weight excluding hydrogens is 228 g/mol. The first kappa shape index (κ1) is 13.1. The number of hydrogen-bond acceptors (Lipinski definition) is 3. The number of benzene rings is 1. The molecular formula is C15H20O3. The lowest BCUT2D eigenvalue weighted by molar-refractivity contribution is 0.0579. The molecule has 0 aliphatic carbocycles. The molecule has 2 unspecified atom stereocenters. The van der Waals surface area contributed by atoms with Crippen molar-refractivity contribution in [3.8, 4) is 5.75 Å². The van der Waals surface area contributed by atoms with Gasteiger partial charge < -0.3 is 9.47 Å². The van der Waals surface area contributed by atoms with Gasteiger partial charge in [-0.1, -0.05) is 6.92 Å². The van der Waals surface area contributed by atoms with Crippen LogP contribution in [-0.4, -0.2) is 24.6 Å². The second kappa shape index (κ2) is 5.53.